The molecule has 0 aromatic rings. The topological polar surface area (TPSA) is 49.3 Å². The lowest BCUT2D eigenvalue weighted by Crippen LogP contribution is -2.36. The van der Waals surface area contributed by atoms with Gasteiger partial charge in [0, 0.05) is 0 Å². The van der Waals surface area contributed by atoms with Gasteiger partial charge in [-0.1, -0.05) is 25.7 Å². The lowest BCUT2D eigenvalue weighted by atomic mass is 10.1. The number of carboxylic acid groups (broad SMARTS) is 1. The number of carboxylic acids is 1. The molecule has 0 amide bonds. The van der Waals surface area contributed by atoms with Crippen molar-refractivity contribution < 1.29 is 9.90 Å². The number of aliphatic carboxylic acids is 1. The van der Waals surface area contributed by atoms with E-state index in [1.807, 2.05) is 0 Å². The van der Waals surface area contributed by atoms with E-state index in [9.17, 15) is 4.79 Å². The average Bonchev–Trinajstić information content (AvgIpc) is 2.15. The Morgan fingerprint density at radius 1 is 1.17 bits per heavy atom. The van der Waals surface area contributed by atoms with Crippen LogP contribution >= 0.6 is 0 Å². The molecule has 0 saturated carbocycles. The Hall–Kier alpha value is -0.570. The molecule has 1 fully saturated rings. The third-order valence-electron chi connectivity index (χ3n) is 2.36. The van der Waals surface area contributed by atoms with Crippen molar-refractivity contribution in [2.45, 2.75) is 44.6 Å². The molecule has 1 heterocycles. The molecule has 1 atom stereocenters. The predicted molar refractivity (Wildman–Crippen MR) is 47.1 cm³/mol. The summed E-state index contributed by atoms with van der Waals surface area (Å²) in [7, 11) is 0. The van der Waals surface area contributed by atoms with Crippen LogP contribution in [-0.2, 0) is 4.79 Å². The molecule has 0 aromatic carbocycles. The summed E-state index contributed by atoms with van der Waals surface area (Å²) in [5.74, 6) is -0.697. The first-order valence-corrected chi connectivity index (χ1v) is 4.77. The van der Waals surface area contributed by atoms with Gasteiger partial charge in [0.05, 0.1) is 0 Å². The van der Waals surface area contributed by atoms with Crippen molar-refractivity contribution in [3.63, 3.8) is 0 Å². The maximum atomic E-state index is 10.7. The first-order chi connectivity index (χ1) is 5.80. The van der Waals surface area contributed by atoms with Gasteiger partial charge >= 0.3 is 5.97 Å². The number of hydrogen-bond acceptors (Lipinski definition) is 2. The Balaban J connectivity index is 2.33. The van der Waals surface area contributed by atoms with Gasteiger partial charge in [0.1, 0.15) is 6.04 Å². The van der Waals surface area contributed by atoms with Gasteiger partial charge in [-0.15, -0.1) is 0 Å². The van der Waals surface area contributed by atoms with Crippen molar-refractivity contribution in [1.29, 1.82) is 0 Å². The van der Waals surface area contributed by atoms with Crippen LogP contribution in [0.1, 0.15) is 38.5 Å². The molecule has 3 nitrogen and oxygen atoms in total. The summed E-state index contributed by atoms with van der Waals surface area (Å²) in [4.78, 5) is 10.7. The number of carbonyl (C=O) groups is 1. The summed E-state index contributed by atoms with van der Waals surface area (Å²) >= 11 is 0. The van der Waals surface area contributed by atoms with Gasteiger partial charge in [-0.3, -0.25) is 4.79 Å². The largest absolute Gasteiger partial charge is 0.480 e. The van der Waals surface area contributed by atoms with Gasteiger partial charge in [-0.25, -0.2) is 0 Å². The summed E-state index contributed by atoms with van der Waals surface area (Å²) in [5.41, 5.74) is 0. The summed E-state index contributed by atoms with van der Waals surface area (Å²) < 4.78 is 0. The molecule has 1 unspecified atom stereocenters. The van der Waals surface area contributed by atoms with Crippen LogP contribution in [0.3, 0.4) is 0 Å². The van der Waals surface area contributed by atoms with Gasteiger partial charge < -0.3 is 10.4 Å². The van der Waals surface area contributed by atoms with Gasteiger partial charge in [-0.2, -0.15) is 0 Å². The molecule has 0 bridgehead atoms. The lowest BCUT2D eigenvalue weighted by Gasteiger charge is -2.11. The molecule has 12 heavy (non-hydrogen) atoms. The Morgan fingerprint density at radius 3 is 2.58 bits per heavy atom. The quantitative estimate of drug-likeness (QED) is 0.626. The number of rotatable bonds is 1. The molecule has 70 valence electrons. The monoisotopic (exact) mass is 171 g/mol. The van der Waals surface area contributed by atoms with Gasteiger partial charge in [0.2, 0.25) is 0 Å². The van der Waals surface area contributed by atoms with E-state index in [1.54, 1.807) is 0 Å². The van der Waals surface area contributed by atoms with E-state index in [4.69, 9.17) is 5.11 Å². The van der Waals surface area contributed by atoms with Crippen molar-refractivity contribution in [3.8, 4) is 0 Å². The molecule has 1 aliphatic rings. The average molecular weight is 171 g/mol. The first-order valence-electron chi connectivity index (χ1n) is 4.77. The van der Waals surface area contributed by atoms with Crippen LogP contribution in [0.5, 0.6) is 0 Å². The van der Waals surface area contributed by atoms with Gasteiger partial charge in [-0.05, 0) is 19.4 Å². The third kappa shape index (κ3) is 3.22. The molecule has 0 radical (unpaired) electrons. The molecule has 2 N–H and O–H groups in total. The Bertz CT molecular complexity index is 137. The van der Waals surface area contributed by atoms with Gasteiger partial charge in [0.25, 0.3) is 0 Å². The first kappa shape index (κ1) is 9.52. The Kier molecular flexibility index (Phi) is 4.08. The van der Waals surface area contributed by atoms with Crippen LogP contribution in [0.4, 0.5) is 0 Å². The maximum Gasteiger partial charge on any atom is 0.320 e. The van der Waals surface area contributed by atoms with E-state index in [-0.39, 0.29) is 6.04 Å². The molecular formula is C9H17NO2. The van der Waals surface area contributed by atoms with Crippen LogP contribution < -0.4 is 5.32 Å². The molecular weight excluding hydrogens is 154 g/mol. The van der Waals surface area contributed by atoms with Crippen LogP contribution in [0.2, 0.25) is 0 Å². The zero-order valence-corrected chi connectivity index (χ0v) is 7.38. The van der Waals surface area contributed by atoms with Crippen molar-refractivity contribution in [3.05, 3.63) is 0 Å². The second-order valence-electron chi connectivity index (χ2n) is 3.40. The van der Waals surface area contributed by atoms with Crippen LogP contribution in [-0.4, -0.2) is 23.7 Å². The van der Waals surface area contributed by atoms with E-state index in [2.05, 4.69) is 5.32 Å². The summed E-state index contributed by atoms with van der Waals surface area (Å²) in [6.07, 6.45) is 6.63. The second kappa shape index (κ2) is 5.14. The van der Waals surface area contributed by atoms with Gasteiger partial charge in [0.15, 0.2) is 0 Å². The Morgan fingerprint density at radius 2 is 1.83 bits per heavy atom. The van der Waals surface area contributed by atoms with Crippen LogP contribution in [0, 0.1) is 0 Å². The molecule has 1 aliphatic heterocycles. The highest BCUT2D eigenvalue weighted by molar-refractivity contribution is 5.73. The highest BCUT2D eigenvalue weighted by Crippen LogP contribution is 2.10. The zero-order valence-electron chi connectivity index (χ0n) is 7.38. The smallest absolute Gasteiger partial charge is 0.320 e. The highest BCUT2D eigenvalue weighted by atomic mass is 16.4. The van der Waals surface area contributed by atoms with E-state index in [0.717, 1.165) is 25.8 Å². The fourth-order valence-electron chi connectivity index (χ4n) is 1.59. The fourth-order valence-corrected chi connectivity index (χ4v) is 1.59. The fraction of sp³-hybridized carbons (Fsp3) is 0.889. The van der Waals surface area contributed by atoms with Crippen LogP contribution in [0.15, 0.2) is 0 Å². The lowest BCUT2D eigenvalue weighted by molar-refractivity contribution is -0.139. The molecule has 0 aliphatic carbocycles. The number of nitrogens with one attached hydrogen (secondary N) is 1. The standard InChI is InChI=1S/C9H17NO2/c11-9(12)8-6-4-2-1-3-5-7-10-8/h8,10H,1-7H2,(H,11,12). The van der Waals surface area contributed by atoms with Crippen LogP contribution in [0.25, 0.3) is 0 Å². The molecule has 0 spiro atoms. The van der Waals surface area contributed by atoms with E-state index in [0.29, 0.717) is 0 Å². The Labute approximate surface area is 73.2 Å². The summed E-state index contributed by atoms with van der Waals surface area (Å²) in [6.45, 7) is 0.858. The minimum Gasteiger partial charge on any atom is -0.480 e. The zero-order chi connectivity index (χ0) is 8.81. The predicted octanol–water partition coefficient (Wildman–Crippen LogP) is 1.38. The second-order valence-corrected chi connectivity index (χ2v) is 3.40. The summed E-state index contributed by atoms with van der Waals surface area (Å²) in [6, 6.07) is -0.303. The third-order valence-corrected chi connectivity index (χ3v) is 2.36. The highest BCUT2D eigenvalue weighted by Gasteiger charge is 2.16. The maximum absolute atomic E-state index is 10.7. The minimum atomic E-state index is -0.697. The normalized spacial score (nSPS) is 26.8. The van der Waals surface area contributed by atoms with Crippen molar-refractivity contribution in [2.24, 2.45) is 0 Å². The van der Waals surface area contributed by atoms with E-state index in [1.165, 1.54) is 19.3 Å². The van der Waals surface area contributed by atoms with Crippen molar-refractivity contribution >= 4 is 5.97 Å². The molecule has 1 rings (SSSR count). The summed E-state index contributed by atoms with van der Waals surface area (Å²) in [5, 5.41) is 11.8. The molecule has 3 heteroatoms. The van der Waals surface area contributed by atoms with E-state index < -0.39 is 5.97 Å². The minimum absolute atomic E-state index is 0.303. The van der Waals surface area contributed by atoms with Crippen molar-refractivity contribution in [2.75, 3.05) is 6.54 Å². The van der Waals surface area contributed by atoms with Crippen molar-refractivity contribution in [1.82, 2.24) is 5.32 Å². The molecule has 1 saturated heterocycles. The van der Waals surface area contributed by atoms with E-state index >= 15 is 0 Å². The molecule has 0 aromatic heterocycles. The SMILES string of the molecule is O=C(O)C1CCCCCCCN1. The number of hydrogen-bond donors (Lipinski definition) is 2.